The number of aliphatic imine (C=N–C) groups is 1. The summed E-state index contributed by atoms with van der Waals surface area (Å²) in [6.45, 7) is 6.82. The highest BCUT2D eigenvalue weighted by Gasteiger charge is 2.42. The molecule has 3 saturated heterocycles. The van der Waals surface area contributed by atoms with Gasteiger partial charge in [-0.2, -0.15) is 0 Å². The van der Waals surface area contributed by atoms with Crippen LogP contribution in [0, 0.1) is 5.41 Å². The maximum atomic E-state index is 12.3. The largest absolute Gasteiger partial charge is 0.381 e. The van der Waals surface area contributed by atoms with Gasteiger partial charge in [0.05, 0.1) is 12.6 Å². The van der Waals surface area contributed by atoms with Gasteiger partial charge in [0.1, 0.15) is 0 Å². The summed E-state index contributed by atoms with van der Waals surface area (Å²) in [5.74, 6) is 1.25. The number of amides is 1. The van der Waals surface area contributed by atoms with Gasteiger partial charge in [-0.15, -0.1) is 0 Å². The van der Waals surface area contributed by atoms with E-state index < -0.39 is 0 Å². The number of likely N-dealkylation sites (N-methyl/N-ethyl adjacent to an activating group) is 1. The van der Waals surface area contributed by atoms with Crippen molar-refractivity contribution < 1.29 is 9.53 Å². The maximum absolute atomic E-state index is 12.3. The molecule has 7 nitrogen and oxygen atoms in total. The summed E-state index contributed by atoms with van der Waals surface area (Å²) < 4.78 is 5.62. The molecule has 0 saturated carbocycles. The van der Waals surface area contributed by atoms with Crippen LogP contribution >= 0.6 is 0 Å². The third-order valence-electron chi connectivity index (χ3n) is 6.13. The normalized spacial score (nSPS) is 29.7. The van der Waals surface area contributed by atoms with E-state index in [1.165, 1.54) is 12.8 Å². The van der Waals surface area contributed by atoms with Crippen molar-refractivity contribution in [2.45, 2.75) is 38.1 Å². The van der Waals surface area contributed by atoms with Gasteiger partial charge in [0.2, 0.25) is 5.91 Å². The lowest BCUT2D eigenvalue weighted by Crippen LogP contribution is -2.44. The molecule has 0 bridgehead atoms. The Bertz CT molecular complexity index is 516. The van der Waals surface area contributed by atoms with Gasteiger partial charge in [0.25, 0.3) is 0 Å². The van der Waals surface area contributed by atoms with Crippen LogP contribution < -0.4 is 5.32 Å². The molecule has 3 rings (SSSR count). The SMILES string of the molecule is CN=C(NCCCN1CCCC1C(=O)N(C)C)N1CCC2(CCOC2)C1. The molecule has 3 fully saturated rings. The smallest absolute Gasteiger partial charge is 0.239 e. The highest BCUT2D eigenvalue weighted by molar-refractivity contribution is 5.81. The molecule has 0 aromatic rings. The van der Waals surface area contributed by atoms with Crippen LogP contribution in [0.2, 0.25) is 0 Å². The van der Waals surface area contributed by atoms with Crippen LogP contribution in [-0.2, 0) is 9.53 Å². The Balaban J connectivity index is 1.40. The first-order chi connectivity index (χ1) is 12.5. The fourth-order valence-corrected chi connectivity index (χ4v) is 4.57. The van der Waals surface area contributed by atoms with Gasteiger partial charge in [-0.05, 0) is 38.6 Å². The number of nitrogens with zero attached hydrogens (tertiary/aromatic N) is 4. The van der Waals surface area contributed by atoms with E-state index in [9.17, 15) is 4.79 Å². The fourth-order valence-electron chi connectivity index (χ4n) is 4.57. The van der Waals surface area contributed by atoms with Crippen LogP contribution in [0.1, 0.15) is 32.1 Å². The van der Waals surface area contributed by atoms with E-state index in [0.29, 0.717) is 5.41 Å². The lowest BCUT2D eigenvalue weighted by Gasteiger charge is -2.27. The van der Waals surface area contributed by atoms with E-state index in [2.05, 4.69) is 20.1 Å². The second-order valence-electron chi connectivity index (χ2n) is 8.23. The van der Waals surface area contributed by atoms with Crippen LogP contribution in [0.4, 0.5) is 0 Å². The molecule has 2 unspecified atom stereocenters. The monoisotopic (exact) mass is 365 g/mol. The van der Waals surface area contributed by atoms with Gasteiger partial charge in [-0.1, -0.05) is 0 Å². The summed E-state index contributed by atoms with van der Waals surface area (Å²) in [7, 11) is 5.57. The van der Waals surface area contributed by atoms with Crippen molar-refractivity contribution in [3.05, 3.63) is 0 Å². The molecule has 0 aromatic carbocycles. The minimum atomic E-state index is 0.0742. The summed E-state index contributed by atoms with van der Waals surface area (Å²) in [5, 5.41) is 3.52. The highest BCUT2D eigenvalue weighted by Crippen LogP contribution is 2.38. The third-order valence-corrected chi connectivity index (χ3v) is 6.13. The van der Waals surface area contributed by atoms with Crippen LogP contribution in [-0.4, -0.2) is 99.7 Å². The van der Waals surface area contributed by atoms with E-state index >= 15 is 0 Å². The first-order valence-electron chi connectivity index (χ1n) is 10.0. The van der Waals surface area contributed by atoms with Crippen LogP contribution in [0.25, 0.3) is 0 Å². The molecule has 0 radical (unpaired) electrons. The average Bonchev–Trinajstić information content (AvgIpc) is 3.37. The number of hydrogen-bond acceptors (Lipinski definition) is 4. The summed E-state index contributed by atoms with van der Waals surface area (Å²) in [6.07, 6.45) is 5.52. The molecule has 3 heterocycles. The predicted octanol–water partition coefficient (Wildman–Crippen LogP) is 0.617. The van der Waals surface area contributed by atoms with Gasteiger partial charge >= 0.3 is 0 Å². The van der Waals surface area contributed by atoms with Crippen molar-refractivity contribution in [3.8, 4) is 0 Å². The molecule has 0 aliphatic carbocycles. The number of hydrogen-bond donors (Lipinski definition) is 1. The summed E-state index contributed by atoms with van der Waals surface area (Å²) in [6, 6.07) is 0.0742. The second kappa shape index (κ2) is 8.57. The molecule has 148 valence electrons. The highest BCUT2D eigenvalue weighted by atomic mass is 16.5. The minimum Gasteiger partial charge on any atom is -0.381 e. The van der Waals surface area contributed by atoms with Gasteiger partial charge in [-0.3, -0.25) is 14.7 Å². The Morgan fingerprint density at radius 3 is 2.88 bits per heavy atom. The zero-order chi connectivity index (χ0) is 18.6. The zero-order valence-electron chi connectivity index (χ0n) is 16.7. The molecule has 7 heteroatoms. The summed E-state index contributed by atoms with van der Waals surface area (Å²) >= 11 is 0. The number of nitrogens with one attached hydrogen (secondary N) is 1. The fraction of sp³-hybridized carbons (Fsp3) is 0.895. The molecule has 1 amide bonds. The molecule has 0 aromatic heterocycles. The lowest BCUT2D eigenvalue weighted by atomic mass is 9.87. The topological polar surface area (TPSA) is 60.4 Å². The number of ether oxygens (including phenoxy) is 1. The van der Waals surface area contributed by atoms with Crippen molar-refractivity contribution in [2.75, 3.05) is 67.1 Å². The Morgan fingerprint density at radius 1 is 1.35 bits per heavy atom. The standard InChI is InChI=1S/C19H35N5O2/c1-20-18(24-12-7-19(14-24)8-13-26-15-19)21-9-5-11-23-10-4-6-16(23)17(25)22(2)3/h16H,4-15H2,1-3H3,(H,20,21). The summed E-state index contributed by atoms with van der Waals surface area (Å²) in [5.41, 5.74) is 0.354. The first kappa shape index (κ1) is 19.4. The van der Waals surface area contributed by atoms with Crippen molar-refractivity contribution in [1.29, 1.82) is 0 Å². The molecule has 2 atom stereocenters. The number of rotatable bonds is 5. The molecular formula is C19H35N5O2. The molecule has 3 aliphatic rings. The summed E-state index contributed by atoms with van der Waals surface area (Å²) in [4.78, 5) is 23.2. The van der Waals surface area contributed by atoms with Crippen molar-refractivity contribution in [2.24, 2.45) is 10.4 Å². The van der Waals surface area contributed by atoms with E-state index in [-0.39, 0.29) is 11.9 Å². The Hall–Kier alpha value is -1.34. The third kappa shape index (κ3) is 4.31. The van der Waals surface area contributed by atoms with E-state index in [1.54, 1.807) is 4.90 Å². The maximum Gasteiger partial charge on any atom is 0.239 e. The average molecular weight is 366 g/mol. The van der Waals surface area contributed by atoms with Gasteiger partial charge in [0.15, 0.2) is 5.96 Å². The Morgan fingerprint density at radius 2 is 2.19 bits per heavy atom. The predicted molar refractivity (Wildman–Crippen MR) is 103 cm³/mol. The molecule has 3 aliphatic heterocycles. The lowest BCUT2D eigenvalue weighted by molar-refractivity contribution is -0.133. The number of carbonyl (C=O) groups is 1. The van der Waals surface area contributed by atoms with Gasteiger partial charge < -0.3 is 19.9 Å². The number of guanidine groups is 1. The Labute approximate surface area is 157 Å². The minimum absolute atomic E-state index is 0.0742. The van der Waals surface area contributed by atoms with Crippen molar-refractivity contribution in [1.82, 2.24) is 20.0 Å². The van der Waals surface area contributed by atoms with Crippen LogP contribution in [0.5, 0.6) is 0 Å². The first-order valence-corrected chi connectivity index (χ1v) is 10.0. The van der Waals surface area contributed by atoms with Gasteiger partial charge in [0, 0.05) is 59.3 Å². The molecule has 1 spiro atoms. The van der Waals surface area contributed by atoms with Crippen LogP contribution in [0.3, 0.4) is 0 Å². The van der Waals surface area contributed by atoms with E-state index in [4.69, 9.17) is 4.74 Å². The number of carbonyl (C=O) groups excluding carboxylic acids is 1. The quantitative estimate of drug-likeness (QED) is 0.440. The number of likely N-dealkylation sites (tertiary alicyclic amines) is 2. The van der Waals surface area contributed by atoms with Crippen LogP contribution in [0.15, 0.2) is 4.99 Å². The van der Waals surface area contributed by atoms with E-state index in [1.807, 2.05) is 21.1 Å². The Kier molecular flexibility index (Phi) is 6.40. The second-order valence-corrected chi connectivity index (χ2v) is 8.23. The van der Waals surface area contributed by atoms with Crippen molar-refractivity contribution >= 4 is 11.9 Å². The molecule has 26 heavy (non-hydrogen) atoms. The zero-order valence-corrected chi connectivity index (χ0v) is 16.7. The molecule has 1 N–H and O–H groups in total. The van der Waals surface area contributed by atoms with Crippen molar-refractivity contribution in [3.63, 3.8) is 0 Å². The molecular weight excluding hydrogens is 330 g/mol. The van der Waals surface area contributed by atoms with Gasteiger partial charge in [-0.25, -0.2) is 0 Å². The van der Waals surface area contributed by atoms with E-state index in [0.717, 1.165) is 71.2 Å².